The Morgan fingerprint density at radius 1 is 1.24 bits per heavy atom. The molecule has 1 aromatic carbocycles. The average Bonchev–Trinajstić information content (AvgIpc) is 2.44. The predicted molar refractivity (Wildman–Crippen MR) is 78.2 cm³/mol. The van der Waals surface area contributed by atoms with Gasteiger partial charge in [-0.25, -0.2) is 0 Å². The standard InChI is InChI=1S/C17H16O4/c1-3-12-4-6-13(7-5-12)8-9-14(18)16-15(19)10-11(2)21-17(16)20/h4-10,16H,3H2,1-2H3/b9-8+. The highest BCUT2D eigenvalue weighted by Gasteiger charge is 2.36. The van der Waals surface area contributed by atoms with Crippen molar-refractivity contribution in [3.8, 4) is 0 Å². The Kier molecular flexibility index (Phi) is 4.48. The van der Waals surface area contributed by atoms with E-state index < -0.39 is 23.5 Å². The number of cyclic esters (lactones) is 1. The Morgan fingerprint density at radius 3 is 2.48 bits per heavy atom. The van der Waals surface area contributed by atoms with Crippen molar-refractivity contribution < 1.29 is 19.1 Å². The van der Waals surface area contributed by atoms with Gasteiger partial charge in [0.15, 0.2) is 17.5 Å². The maximum atomic E-state index is 12.0. The number of carbonyl (C=O) groups is 3. The summed E-state index contributed by atoms with van der Waals surface area (Å²) in [7, 11) is 0. The first kappa shape index (κ1) is 14.9. The predicted octanol–water partition coefficient (Wildman–Crippen LogP) is 2.48. The molecule has 4 heteroatoms. The largest absolute Gasteiger partial charge is 0.430 e. The molecule has 0 saturated carbocycles. The summed E-state index contributed by atoms with van der Waals surface area (Å²) in [6.07, 6.45) is 4.96. The smallest absolute Gasteiger partial charge is 0.329 e. The molecule has 0 saturated heterocycles. The fourth-order valence-corrected chi connectivity index (χ4v) is 2.04. The van der Waals surface area contributed by atoms with Crippen molar-refractivity contribution in [3.05, 3.63) is 53.3 Å². The maximum absolute atomic E-state index is 12.0. The number of aryl methyl sites for hydroxylation is 1. The lowest BCUT2D eigenvalue weighted by Crippen LogP contribution is -2.34. The van der Waals surface area contributed by atoms with Crippen LogP contribution in [0.3, 0.4) is 0 Å². The molecule has 0 spiro atoms. The average molecular weight is 284 g/mol. The van der Waals surface area contributed by atoms with Gasteiger partial charge in [-0.3, -0.25) is 14.4 Å². The second kappa shape index (κ2) is 6.31. The van der Waals surface area contributed by atoms with Crippen LogP contribution < -0.4 is 0 Å². The van der Waals surface area contributed by atoms with Crippen molar-refractivity contribution in [3.63, 3.8) is 0 Å². The van der Waals surface area contributed by atoms with Crippen LogP contribution in [0, 0.1) is 5.92 Å². The normalized spacial score (nSPS) is 18.6. The van der Waals surface area contributed by atoms with Crippen LogP contribution in [-0.2, 0) is 25.5 Å². The molecule has 108 valence electrons. The molecule has 0 radical (unpaired) electrons. The lowest BCUT2D eigenvalue weighted by molar-refractivity contribution is -0.151. The highest BCUT2D eigenvalue weighted by Crippen LogP contribution is 2.16. The first-order valence-electron chi connectivity index (χ1n) is 6.76. The van der Waals surface area contributed by atoms with Gasteiger partial charge in [-0.1, -0.05) is 37.3 Å². The van der Waals surface area contributed by atoms with E-state index in [-0.39, 0.29) is 5.76 Å². The van der Waals surface area contributed by atoms with Gasteiger partial charge < -0.3 is 4.74 Å². The van der Waals surface area contributed by atoms with E-state index in [2.05, 4.69) is 6.92 Å². The molecule has 0 N–H and O–H groups in total. The van der Waals surface area contributed by atoms with Gasteiger partial charge in [0, 0.05) is 6.08 Å². The zero-order valence-electron chi connectivity index (χ0n) is 12.0. The molecule has 1 atom stereocenters. The Labute approximate surface area is 123 Å². The van der Waals surface area contributed by atoms with E-state index in [9.17, 15) is 14.4 Å². The second-order valence-corrected chi connectivity index (χ2v) is 4.84. The number of allylic oxidation sites excluding steroid dienone is 3. The summed E-state index contributed by atoms with van der Waals surface area (Å²) in [5.41, 5.74) is 2.04. The molecule has 21 heavy (non-hydrogen) atoms. The fraction of sp³-hybridized carbons (Fsp3) is 0.235. The van der Waals surface area contributed by atoms with Crippen molar-refractivity contribution in [2.24, 2.45) is 5.92 Å². The quantitative estimate of drug-likeness (QED) is 0.484. The second-order valence-electron chi connectivity index (χ2n) is 4.84. The molecule has 4 nitrogen and oxygen atoms in total. The number of hydrogen-bond donors (Lipinski definition) is 0. The third kappa shape index (κ3) is 3.54. The van der Waals surface area contributed by atoms with Crippen LogP contribution in [-0.4, -0.2) is 17.5 Å². The number of esters is 1. The van der Waals surface area contributed by atoms with Gasteiger partial charge in [-0.05, 0) is 30.5 Å². The number of ketones is 2. The number of rotatable bonds is 4. The molecule has 1 aromatic rings. The number of ether oxygens (including phenoxy) is 1. The molecule has 0 aliphatic carbocycles. The van der Waals surface area contributed by atoms with E-state index in [0.29, 0.717) is 0 Å². The van der Waals surface area contributed by atoms with E-state index in [0.717, 1.165) is 12.0 Å². The monoisotopic (exact) mass is 284 g/mol. The van der Waals surface area contributed by atoms with Gasteiger partial charge in [0.1, 0.15) is 5.76 Å². The Balaban J connectivity index is 2.11. The number of carbonyl (C=O) groups excluding carboxylic acids is 3. The van der Waals surface area contributed by atoms with E-state index in [4.69, 9.17) is 4.74 Å². The summed E-state index contributed by atoms with van der Waals surface area (Å²) < 4.78 is 4.82. The lowest BCUT2D eigenvalue weighted by Gasteiger charge is -2.15. The summed E-state index contributed by atoms with van der Waals surface area (Å²) in [4.78, 5) is 35.3. The van der Waals surface area contributed by atoms with E-state index in [1.165, 1.54) is 24.6 Å². The van der Waals surface area contributed by atoms with Crippen molar-refractivity contribution in [2.45, 2.75) is 20.3 Å². The zero-order chi connectivity index (χ0) is 15.4. The molecule has 2 rings (SSSR count). The maximum Gasteiger partial charge on any atom is 0.329 e. The molecule has 1 heterocycles. The highest BCUT2D eigenvalue weighted by molar-refractivity contribution is 6.25. The molecule has 0 bridgehead atoms. The zero-order valence-corrected chi connectivity index (χ0v) is 12.0. The van der Waals surface area contributed by atoms with Gasteiger partial charge in [-0.15, -0.1) is 0 Å². The minimum atomic E-state index is -1.38. The van der Waals surface area contributed by atoms with E-state index >= 15 is 0 Å². The Bertz CT molecular complexity index is 635. The molecule has 1 aliphatic heterocycles. The van der Waals surface area contributed by atoms with Crippen LogP contribution in [0.25, 0.3) is 6.08 Å². The van der Waals surface area contributed by atoms with Crippen LogP contribution >= 0.6 is 0 Å². The third-order valence-electron chi connectivity index (χ3n) is 3.24. The van der Waals surface area contributed by atoms with Crippen LogP contribution in [0.4, 0.5) is 0 Å². The lowest BCUT2D eigenvalue weighted by atomic mass is 9.96. The van der Waals surface area contributed by atoms with Crippen LogP contribution in [0.1, 0.15) is 25.0 Å². The van der Waals surface area contributed by atoms with Crippen LogP contribution in [0.2, 0.25) is 0 Å². The van der Waals surface area contributed by atoms with Gasteiger partial charge >= 0.3 is 5.97 Å². The molecule has 0 fully saturated rings. The molecular weight excluding hydrogens is 268 g/mol. The summed E-state index contributed by atoms with van der Waals surface area (Å²) >= 11 is 0. The highest BCUT2D eigenvalue weighted by atomic mass is 16.5. The fourth-order valence-electron chi connectivity index (χ4n) is 2.04. The summed E-state index contributed by atoms with van der Waals surface area (Å²) in [5, 5.41) is 0. The number of benzene rings is 1. The third-order valence-corrected chi connectivity index (χ3v) is 3.24. The Morgan fingerprint density at radius 2 is 1.90 bits per heavy atom. The molecular formula is C17H16O4. The Hall–Kier alpha value is -2.49. The van der Waals surface area contributed by atoms with Crippen molar-refractivity contribution in [1.82, 2.24) is 0 Å². The molecule has 0 aromatic heterocycles. The summed E-state index contributed by atoms with van der Waals surface area (Å²) in [6.45, 7) is 3.56. The van der Waals surface area contributed by atoms with Crippen LogP contribution in [0.15, 0.2) is 42.2 Å². The number of hydrogen-bond acceptors (Lipinski definition) is 4. The summed E-state index contributed by atoms with van der Waals surface area (Å²) in [5.74, 6) is -3.06. The SMILES string of the molecule is CCc1ccc(/C=C/C(=O)C2C(=O)C=C(C)OC2=O)cc1. The van der Waals surface area contributed by atoms with Crippen molar-refractivity contribution >= 4 is 23.6 Å². The van der Waals surface area contributed by atoms with E-state index in [1.54, 1.807) is 6.08 Å². The van der Waals surface area contributed by atoms with Crippen molar-refractivity contribution in [1.29, 1.82) is 0 Å². The van der Waals surface area contributed by atoms with Crippen LogP contribution in [0.5, 0.6) is 0 Å². The first-order valence-corrected chi connectivity index (χ1v) is 6.76. The molecule has 0 amide bonds. The van der Waals surface area contributed by atoms with Gasteiger partial charge in [0.05, 0.1) is 0 Å². The first-order chi connectivity index (χ1) is 10.0. The topological polar surface area (TPSA) is 60.4 Å². The van der Waals surface area contributed by atoms with Gasteiger partial charge in [0.2, 0.25) is 0 Å². The van der Waals surface area contributed by atoms with Gasteiger partial charge in [-0.2, -0.15) is 0 Å². The van der Waals surface area contributed by atoms with Crippen molar-refractivity contribution in [2.75, 3.05) is 0 Å². The summed E-state index contributed by atoms with van der Waals surface area (Å²) in [6, 6.07) is 7.70. The molecule has 1 unspecified atom stereocenters. The minimum Gasteiger partial charge on any atom is -0.430 e. The minimum absolute atomic E-state index is 0.216. The van der Waals surface area contributed by atoms with E-state index in [1.807, 2.05) is 24.3 Å². The molecule has 1 aliphatic rings. The van der Waals surface area contributed by atoms with Gasteiger partial charge in [0.25, 0.3) is 0 Å².